The van der Waals surface area contributed by atoms with E-state index in [-0.39, 0.29) is 17.4 Å². The van der Waals surface area contributed by atoms with Gasteiger partial charge in [0.05, 0.1) is 29.8 Å². The molecular formula is C27H27BrN4O3. The van der Waals surface area contributed by atoms with Gasteiger partial charge in [-0.25, -0.2) is 9.78 Å². The first-order chi connectivity index (χ1) is 16.7. The van der Waals surface area contributed by atoms with Crippen molar-refractivity contribution in [2.45, 2.75) is 40.0 Å². The zero-order valence-electron chi connectivity index (χ0n) is 20.4. The van der Waals surface area contributed by atoms with Crippen molar-refractivity contribution in [3.8, 4) is 5.69 Å². The van der Waals surface area contributed by atoms with Gasteiger partial charge in [-0.3, -0.25) is 4.79 Å². The molecule has 4 rings (SSSR count). The third kappa shape index (κ3) is 4.71. The van der Waals surface area contributed by atoms with Gasteiger partial charge in [0.25, 0.3) is 5.56 Å². The average molecular weight is 535 g/mol. The van der Waals surface area contributed by atoms with Crippen LogP contribution in [0.5, 0.6) is 0 Å². The Bertz CT molecular complexity index is 1520. The maximum Gasteiger partial charge on any atom is 0.337 e. The van der Waals surface area contributed by atoms with Crippen LogP contribution >= 0.6 is 15.9 Å². The molecular weight excluding hydrogens is 508 g/mol. The summed E-state index contributed by atoms with van der Waals surface area (Å²) in [6.45, 7) is 8.07. The summed E-state index contributed by atoms with van der Waals surface area (Å²) < 4.78 is 9.13. The standard InChI is InChI=1S/C27H27BrN4O3/c1-6-16(2)25-30-24-11-10-21(28)14-23(24)26(33)32(25)29-15-20-12-17(3)31(18(20)4)22-9-7-8-19(13-22)27(34)35-5/h7-16H,6H2,1-5H3/t16-/m1/s1. The monoisotopic (exact) mass is 534 g/mol. The first-order valence-corrected chi connectivity index (χ1v) is 12.2. The fourth-order valence-electron chi connectivity index (χ4n) is 4.10. The van der Waals surface area contributed by atoms with E-state index >= 15 is 0 Å². The van der Waals surface area contributed by atoms with Crippen LogP contribution in [0.15, 0.2) is 62.9 Å². The van der Waals surface area contributed by atoms with Crippen molar-refractivity contribution in [1.82, 2.24) is 14.2 Å². The molecule has 2 heterocycles. The van der Waals surface area contributed by atoms with E-state index in [4.69, 9.17) is 9.72 Å². The molecule has 0 saturated carbocycles. The van der Waals surface area contributed by atoms with Gasteiger partial charge in [0.1, 0.15) is 5.82 Å². The molecule has 0 aliphatic carbocycles. The lowest BCUT2D eigenvalue weighted by atomic mass is 10.1. The summed E-state index contributed by atoms with van der Waals surface area (Å²) in [4.78, 5) is 30.2. The van der Waals surface area contributed by atoms with Gasteiger partial charge in [-0.05, 0) is 62.7 Å². The van der Waals surface area contributed by atoms with Crippen LogP contribution in [0.25, 0.3) is 16.6 Å². The Morgan fingerprint density at radius 1 is 1.20 bits per heavy atom. The van der Waals surface area contributed by atoms with Crippen LogP contribution in [-0.4, -0.2) is 33.5 Å². The van der Waals surface area contributed by atoms with Crippen molar-refractivity contribution >= 4 is 39.0 Å². The van der Waals surface area contributed by atoms with E-state index in [1.807, 2.05) is 55.7 Å². The minimum atomic E-state index is -0.386. The first-order valence-electron chi connectivity index (χ1n) is 11.4. The smallest absolute Gasteiger partial charge is 0.337 e. The van der Waals surface area contributed by atoms with Gasteiger partial charge in [-0.2, -0.15) is 9.78 Å². The van der Waals surface area contributed by atoms with Gasteiger partial charge >= 0.3 is 5.97 Å². The van der Waals surface area contributed by atoms with Crippen LogP contribution in [0.3, 0.4) is 0 Å². The maximum absolute atomic E-state index is 13.4. The van der Waals surface area contributed by atoms with Gasteiger partial charge in [0, 0.05) is 33.0 Å². The Kier molecular flexibility index (Phi) is 7.03. The minimum absolute atomic E-state index is 0.0568. The highest BCUT2D eigenvalue weighted by atomic mass is 79.9. The molecule has 0 spiro atoms. The molecule has 4 aromatic rings. The van der Waals surface area contributed by atoms with E-state index < -0.39 is 0 Å². The molecule has 0 bridgehead atoms. The number of nitrogens with zero attached hydrogens (tertiary/aromatic N) is 4. The van der Waals surface area contributed by atoms with Crippen molar-refractivity contribution in [3.63, 3.8) is 0 Å². The number of carbonyl (C=O) groups is 1. The van der Waals surface area contributed by atoms with Gasteiger partial charge in [-0.15, -0.1) is 0 Å². The molecule has 0 amide bonds. The quantitative estimate of drug-likeness (QED) is 0.233. The normalized spacial score (nSPS) is 12.4. The fraction of sp³-hybridized carbons (Fsp3) is 0.259. The highest BCUT2D eigenvalue weighted by Crippen LogP contribution is 2.23. The second kappa shape index (κ2) is 10.00. The van der Waals surface area contributed by atoms with Crippen molar-refractivity contribution in [2.24, 2.45) is 5.10 Å². The van der Waals surface area contributed by atoms with Gasteiger partial charge in [0.15, 0.2) is 0 Å². The number of benzene rings is 2. The van der Waals surface area contributed by atoms with Crippen LogP contribution in [0, 0.1) is 13.8 Å². The number of ether oxygens (including phenoxy) is 1. The zero-order valence-corrected chi connectivity index (χ0v) is 22.0. The molecule has 0 fully saturated rings. The summed E-state index contributed by atoms with van der Waals surface area (Å²) in [6, 6.07) is 14.8. The number of fused-ring (bicyclic) bond motifs is 1. The highest BCUT2D eigenvalue weighted by Gasteiger charge is 2.17. The molecule has 35 heavy (non-hydrogen) atoms. The molecule has 0 unspecified atom stereocenters. The Hall–Kier alpha value is -3.52. The number of halogens is 1. The molecule has 0 saturated heterocycles. The Labute approximate surface area is 212 Å². The molecule has 0 aliphatic heterocycles. The summed E-state index contributed by atoms with van der Waals surface area (Å²) >= 11 is 3.44. The summed E-state index contributed by atoms with van der Waals surface area (Å²) in [7, 11) is 1.37. The number of aryl methyl sites for hydroxylation is 1. The lowest BCUT2D eigenvalue weighted by Crippen LogP contribution is -2.23. The highest BCUT2D eigenvalue weighted by molar-refractivity contribution is 9.10. The molecule has 2 aromatic heterocycles. The molecule has 2 aromatic carbocycles. The molecule has 180 valence electrons. The number of carbonyl (C=O) groups excluding carboxylic acids is 1. The van der Waals surface area contributed by atoms with Crippen LogP contribution in [0.4, 0.5) is 0 Å². The summed E-state index contributed by atoms with van der Waals surface area (Å²) in [5, 5.41) is 5.11. The lowest BCUT2D eigenvalue weighted by Gasteiger charge is -2.14. The third-order valence-corrected chi connectivity index (χ3v) is 6.69. The summed E-state index contributed by atoms with van der Waals surface area (Å²) in [6.07, 6.45) is 2.52. The fourth-order valence-corrected chi connectivity index (χ4v) is 4.47. The van der Waals surface area contributed by atoms with E-state index in [2.05, 4.69) is 28.0 Å². The van der Waals surface area contributed by atoms with Gasteiger partial charge in [0.2, 0.25) is 0 Å². The van der Waals surface area contributed by atoms with Gasteiger partial charge < -0.3 is 9.30 Å². The van der Waals surface area contributed by atoms with Crippen molar-refractivity contribution in [1.29, 1.82) is 0 Å². The summed E-state index contributed by atoms with van der Waals surface area (Å²) in [5.41, 5.74) is 4.54. The largest absolute Gasteiger partial charge is 0.465 e. The summed E-state index contributed by atoms with van der Waals surface area (Å²) in [5.74, 6) is 0.299. The van der Waals surface area contributed by atoms with E-state index in [9.17, 15) is 9.59 Å². The number of rotatable bonds is 6. The maximum atomic E-state index is 13.4. The van der Waals surface area contributed by atoms with E-state index in [0.717, 1.165) is 33.5 Å². The molecule has 1 atom stereocenters. The lowest BCUT2D eigenvalue weighted by molar-refractivity contribution is 0.0600. The van der Waals surface area contributed by atoms with Crippen LogP contribution in [0.1, 0.15) is 59.3 Å². The van der Waals surface area contributed by atoms with E-state index in [1.165, 1.54) is 11.8 Å². The average Bonchev–Trinajstić information content (AvgIpc) is 3.15. The second-order valence-electron chi connectivity index (χ2n) is 8.51. The number of esters is 1. The predicted molar refractivity (Wildman–Crippen MR) is 142 cm³/mol. The predicted octanol–water partition coefficient (Wildman–Crippen LogP) is 5.75. The van der Waals surface area contributed by atoms with Crippen LogP contribution in [-0.2, 0) is 4.74 Å². The second-order valence-corrected chi connectivity index (χ2v) is 9.42. The Morgan fingerprint density at radius 3 is 2.69 bits per heavy atom. The number of methoxy groups -OCH3 is 1. The number of aromatic nitrogens is 3. The van der Waals surface area contributed by atoms with Crippen molar-refractivity contribution in [3.05, 3.63) is 91.7 Å². The molecule has 8 heteroatoms. The zero-order chi connectivity index (χ0) is 25.3. The number of hydrogen-bond donors (Lipinski definition) is 0. The molecule has 0 radical (unpaired) electrons. The van der Waals surface area contributed by atoms with Crippen LogP contribution < -0.4 is 5.56 Å². The molecule has 0 N–H and O–H groups in total. The molecule has 7 nitrogen and oxygen atoms in total. The SMILES string of the molecule is CC[C@@H](C)c1nc2ccc(Br)cc2c(=O)n1N=Cc1cc(C)n(-c2cccc(C(=O)OC)c2)c1C. The Morgan fingerprint density at radius 2 is 1.97 bits per heavy atom. The first kappa shape index (κ1) is 24.6. The van der Waals surface area contributed by atoms with Crippen LogP contribution in [0.2, 0.25) is 0 Å². The van der Waals surface area contributed by atoms with Crippen molar-refractivity contribution in [2.75, 3.05) is 7.11 Å². The van der Waals surface area contributed by atoms with Crippen molar-refractivity contribution < 1.29 is 9.53 Å². The molecule has 0 aliphatic rings. The van der Waals surface area contributed by atoms with Gasteiger partial charge in [-0.1, -0.05) is 35.8 Å². The number of hydrogen-bond acceptors (Lipinski definition) is 5. The Balaban J connectivity index is 1.82. The topological polar surface area (TPSA) is 78.5 Å². The minimum Gasteiger partial charge on any atom is -0.465 e. The van der Waals surface area contributed by atoms with E-state index in [1.54, 1.807) is 24.4 Å². The van der Waals surface area contributed by atoms with E-state index in [0.29, 0.717) is 22.3 Å². The third-order valence-electron chi connectivity index (χ3n) is 6.19.